The maximum Gasteiger partial charge on any atom is 0.0504 e. The highest BCUT2D eigenvalue weighted by atomic mass is 15.1. The highest BCUT2D eigenvalue weighted by molar-refractivity contribution is 5.92. The molecule has 1 atom stereocenters. The lowest BCUT2D eigenvalue weighted by Gasteiger charge is -2.28. The number of rotatable bonds is 15. The molecule has 3 aromatic rings. The number of allylic oxidation sites excluding steroid dienone is 3. The Hall–Kier alpha value is -3.27. The third-order valence-corrected chi connectivity index (χ3v) is 12.0. The minimum atomic E-state index is -0.0239. The van der Waals surface area contributed by atoms with Gasteiger partial charge >= 0.3 is 0 Å². The maximum atomic E-state index is 6.34. The van der Waals surface area contributed by atoms with Crippen molar-refractivity contribution in [3.8, 4) is 11.1 Å². The van der Waals surface area contributed by atoms with E-state index in [0.29, 0.717) is 5.92 Å². The van der Waals surface area contributed by atoms with Crippen LogP contribution >= 0.6 is 0 Å². The average Bonchev–Trinajstić information content (AvgIpc) is 3.99. The summed E-state index contributed by atoms with van der Waals surface area (Å²) in [6, 6.07) is 18.2. The number of hydrogen-bond donors (Lipinski definition) is 1. The number of hydrogen-bond acceptors (Lipinski definition) is 3. The van der Waals surface area contributed by atoms with Gasteiger partial charge in [-0.05, 0) is 172 Å². The van der Waals surface area contributed by atoms with Gasteiger partial charge in [-0.3, -0.25) is 4.98 Å². The summed E-state index contributed by atoms with van der Waals surface area (Å²) in [6.07, 6.45) is 19.3. The minimum absolute atomic E-state index is 0.0239. The second-order valence-corrected chi connectivity index (χ2v) is 19.9. The number of nitrogens with zero attached hydrogens (tertiary/aromatic N) is 2. The van der Waals surface area contributed by atoms with E-state index in [1.165, 1.54) is 132 Å². The summed E-state index contributed by atoms with van der Waals surface area (Å²) in [5.74, 6) is 1.45. The number of aryl methyl sites for hydroxylation is 2. The molecule has 2 N–H and O–H groups in total. The van der Waals surface area contributed by atoms with Gasteiger partial charge in [0, 0.05) is 12.2 Å². The Balaban J connectivity index is -0.000000610. The van der Waals surface area contributed by atoms with E-state index in [1.807, 2.05) is 55.4 Å². The highest BCUT2D eigenvalue weighted by Gasteiger charge is 2.24. The van der Waals surface area contributed by atoms with Crippen LogP contribution < -0.4 is 5.73 Å². The van der Waals surface area contributed by atoms with Crippen LogP contribution in [0.1, 0.15) is 262 Å². The van der Waals surface area contributed by atoms with Gasteiger partial charge in [-0.2, -0.15) is 0 Å². The molecule has 2 heterocycles. The van der Waals surface area contributed by atoms with Gasteiger partial charge in [0.05, 0.1) is 5.69 Å². The second kappa shape index (κ2) is 44.7. The van der Waals surface area contributed by atoms with Gasteiger partial charge in [0.15, 0.2) is 0 Å². The third kappa shape index (κ3) is 34.7. The van der Waals surface area contributed by atoms with Gasteiger partial charge in [0.25, 0.3) is 0 Å². The summed E-state index contributed by atoms with van der Waals surface area (Å²) in [7, 11) is 2.17. The Bertz CT molecular complexity index is 1730. The molecule has 0 bridgehead atoms. The number of benzene rings is 2. The number of nitrogens with two attached hydrogens (primary N) is 1. The zero-order valence-electron chi connectivity index (χ0n) is 50.6. The standard InChI is InChI=1S/C39H54N2.C5H11N.C5H10.C4H8.C4H10.C3H8.3C2H6/c1-11-13-15-31-21-35(38(27(5)6)41-25-31)29(8)36(24-39(9,10)12-2)34-23-33(19-18-28(34)7)32-17-14-16-30(20-32)22-37(40)26(3)4;1-6-4-2-3-5-6;1-4-5(2)3;1-4-2-3-4;1-3-4-2;1-3-2;3*1-2/h14,16-21,23,25,27,37H,3,11-13,15,22,24,40H2,1-2,4-10H3;2-5H2,1H3;2,4H2,1,3H3;4H,2-3H2,1H3;3-4H2,1-2H3;3H2,1-2H3;3*1-2H3/b36-29+;;;;;;;;. The van der Waals surface area contributed by atoms with Gasteiger partial charge in [-0.25, -0.2) is 0 Å². The van der Waals surface area contributed by atoms with E-state index >= 15 is 0 Å². The van der Waals surface area contributed by atoms with Gasteiger partial charge in [0.2, 0.25) is 0 Å². The van der Waals surface area contributed by atoms with E-state index in [-0.39, 0.29) is 11.5 Å². The summed E-state index contributed by atoms with van der Waals surface area (Å²) in [5.41, 5.74) is 21.8. The smallest absolute Gasteiger partial charge is 0.0504 e. The molecule has 1 saturated carbocycles. The van der Waals surface area contributed by atoms with Crippen molar-refractivity contribution in [3.05, 3.63) is 113 Å². The molecule has 2 aromatic carbocycles. The molecule has 398 valence electrons. The van der Waals surface area contributed by atoms with Crippen LogP contribution in [-0.4, -0.2) is 36.1 Å². The van der Waals surface area contributed by atoms with Crippen molar-refractivity contribution in [1.82, 2.24) is 9.88 Å². The number of pyridine rings is 1. The fourth-order valence-electron chi connectivity index (χ4n) is 6.47. The van der Waals surface area contributed by atoms with Crippen LogP contribution in [0.2, 0.25) is 0 Å². The first kappa shape index (κ1) is 72.3. The van der Waals surface area contributed by atoms with Crippen molar-refractivity contribution in [2.75, 3.05) is 20.1 Å². The Morgan fingerprint density at radius 2 is 1.28 bits per heavy atom. The SMILES string of the molecule is C=C(C)C(N)Cc1cccc(-c2ccc(C)c(/C(CC(C)(C)CC)=C(\C)c3cc(CCCC)cnc3C(C)C)c2)c1.C=C(C)CC.CC.CC.CC.CC1CC1.CCC.CCCC.CN1CCCC1. The molecule has 5 rings (SSSR count). The Morgan fingerprint density at radius 1 is 0.768 bits per heavy atom. The summed E-state index contributed by atoms with van der Waals surface area (Å²) >= 11 is 0. The van der Waals surface area contributed by atoms with E-state index < -0.39 is 0 Å². The van der Waals surface area contributed by atoms with E-state index in [0.717, 1.165) is 43.6 Å². The van der Waals surface area contributed by atoms with Crippen LogP contribution in [0.15, 0.2) is 79.0 Å². The molecule has 69 heavy (non-hydrogen) atoms. The van der Waals surface area contributed by atoms with Gasteiger partial charge < -0.3 is 10.6 Å². The van der Waals surface area contributed by atoms with E-state index in [2.05, 4.69) is 177 Å². The molecule has 2 fully saturated rings. The van der Waals surface area contributed by atoms with Crippen LogP contribution in [0.3, 0.4) is 0 Å². The summed E-state index contributed by atoms with van der Waals surface area (Å²) in [4.78, 5) is 7.39. The Labute approximate surface area is 434 Å². The lowest BCUT2D eigenvalue weighted by molar-refractivity contribution is 0.362. The van der Waals surface area contributed by atoms with Crippen LogP contribution in [0.25, 0.3) is 22.3 Å². The average molecular weight is 955 g/mol. The topological polar surface area (TPSA) is 42.1 Å². The van der Waals surface area contributed by atoms with Gasteiger partial charge in [-0.15, -0.1) is 6.58 Å². The van der Waals surface area contributed by atoms with Crippen molar-refractivity contribution in [2.24, 2.45) is 17.1 Å². The zero-order valence-corrected chi connectivity index (χ0v) is 50.6. The van der Waals surface area contributed by atoms with Crippen molar-refractivity contribution in [2.45, 2.75) is 254 Å². The first-order valence-corrected chi connectivity index (χ1v) is 28.4. The summed E-state index contributed by atoms with van der Waals surface area (Å²) < 4.78 is 0. The number of unbranched alkanes of at least 4 members (excludes halogenated alkanes) is 2. The fraction of sp³-hybridized carbons (Fsp3) is 0.652. The molecule has 1 aliphatic carbocycles. The van der Waals surface area contributed by atoms with Crippen molar-refractivity contribution in [1.29, 1.82) is 0 Å². The quantitative estimate of drug-likeness (QED) is 0.154. The molecular formula is C66H119N3. The molecule has 0 amide bonds. The molecule has 1 aliphatic heterocycles. The maximum absolute atomic E-state index is 6.34. The Kier molecular flexibility index (Phi) is 46.8. The molecule has 3 nitrogen and oxygen atoms in total. The molecule has 2 aliphatic rings. The van der Waals surface area contributed by atoms with Gasteiger partial charge in [0.1, 0.15) is 0 Å². The molecule has 0 spiro atoms. The van der Waals surface area contributed by atoms with Crippen molar-refractivity contribution < 1.29 is 0 Å². The number of likely N-dealkylation sites (tertiary alicyclic amines) is 1. The minimum Gasteiger partial charge on any atom is -0.324 e. The van der Waals surface area contributed by atoms with Gasteiger partial charge in [-0.1, -0.05) is 224 Å². The van der Waals surface area contributed by atoms with Crippen molar-refractivity contribution in [3.63, 3.8) is 0 Å². The molecule has 3 heteroatoms. The summed E-state index contributed by atoms with van der Waals surface area (Å²) in [5, 5.41) is 0. The molecular weight excluding hydrogens is 835 g/mol. The van der Waals surface area contributed by atoms with E-state index in [9.17, 15) is 0 Å². The molecule has 1 saturated heterocycles. The third-order valence-electron chi connectivity index (χ3n) is 12.0. The Morgan fingerprint density at radius 3 is 1.67 bits per heavy atom. The van der Waals surface area contributed by atoms with Crippen LogP contribution in [0.5, 0.6) is 0 Å². The van der Waals surface area contributed by atoms with Crippen molar-refractivity contribution >= 4 is 11.1 Å². The molecule has 1 unspecified atom stereocenters. The van der Waals surface area contributed by atoms with E-state index in [1.54, 1.807) is 0 Å². The first-order valence-electron chi connectivity index (χ1n) is 28.4. The second-order valence-electron chi connectivity index (χ2n) is 19.9. The lowest BCUT2D eigenvalue weighted by atomic mass is 9.77. The van der Waals surface area contributed by atoms with Crippen LogP contribution in [-0.2, 0) is 12.8 Å². The molecule has 1 aromatic heterocycles. The highest BCUT2D eigenvalue weighted by Crippen LogP contribution is 2.42. The zero-order chi connectivity index (χ0) is 54.1. The normalized spacial score (nSPS) is 13.2. The predicted octanol–water partition coefficient (Wildman–Crippen LogP) is 21.1. The van der Waals surface area contributed by atoms with Crippen LogP contribution in [0.4, 0.5) is 0 Å². The summed E-state index contributed by atoms with van der Waals surface area (Å²) in [6.45, 7) is 57.9. The number of aromatic nitrogens is 1. The van der Waals surface area contributed by atoms with Crippen LogP contribution in [0, 0.1) is 18.3 Å². The first-order chi connectivity index (χ1) is 32.7. The lowest BCUT2D eigenvalue weighted by Crippen LogP contribution is -2.23. The predicted molar refractivity (Wildman–Crippen MR) is 322 cm³/mol. The molecule has 0 radical (unpaired) electrons. The largest absolute Gasteiger partial charge is 0.324 e. The van der Waals surface area contributed by atoms with E-state index in [4.69, 9.17) is 10.7 Å². The monoisotopic (exact) mass is 954 g/mol. The fourth-order valence-corrected chi connectivity index (χ4v) is 6.47.